The monoisotopic (exact) mass is 405 g/mol. The highest BCUT2D eigenvalue weighted by molar-refractivity contribution is 5.77. The van der Waals surface area contributed by atoms with E-state index in [1.165, 1.54) is 18.2 Å². The highest BCUT2D eigenvalue weighted by atomic mass is 19.1. The Bertz CT molecular complexity index is 1180. The third-order valence-corrected chi connectivity index (χ3v) is 5.13. The van der Waals surface area contributed by atoms with E-state index in [0.717, 1.165) is 22.5 Å². The second-order valence-corrected chi connectivity index (χ2v) is 7.30. The highest BCUT2D eigenvalue weighted by Gasteiger charge is 2.24. The first-order valence-electron chi connectivity index (χ1n) is 9.70. The zero-order chi connectivity index (χ0) is 21.1. The number of hydrogen-bond acceptors (Lipinski definition) is 2. The van der Waals surface area contributed by atoms with Crippen molar-refractivity contribution in [2.75, 3.05) is 0 Å². The Hall–Kier alpha value is -3.54. The van der Waals surface area contributed by atoms with Crippen LogP contribution < -0.4 is 5.32 Å². The highest BCUT2D eigenvalue weighted by Crippen LogP contribution is 2.30. The molecule has 0 radical (unpaired) electrons. The Morgan fingerprint density at radius 1 is 1.10 bits per heavy atom. The van der Waals surface area contributed by atoms with Crippen molar-refractivity contribution in [1.29, 1.82) is 0 Å². The number of halogens is 2. The summed E-state index contributed by atoms with van der Waals surface area (Å²) in [6.07, 6.45) is 3.64. The van der Waals surface area contributed by atoms with Gasteiger partial charge in [-0.1, -0.05) is 30.3 Å². The molecule has 0 aliphatic heterocycles. The standard InChI is InChI=1S/C24H21F2N3O/c1-16-10-11-29-22(15-27-23(29)12-16)20(19-4-2-3-5-21(19)26)13-24(30)28-14-17-6-8-18(25)9-7-17/h2-12,15,20H,13-14H2,1H3,(H,28,30). The van der Waals surface area contributed by atoms with Crippen LogP contribution in [0, 0.1) is 18.6 Å². The maximum absolute atomic E-state index is 14.6. The van der Waals surface area contributed by atoms with Crippen molar-refractivity contribution in [2.45, 2.75) is 25.8 Å². The van der Waals surface area contributed by atoms with Crippen LogP contribution in [0.25, 0.3) is 5.65 Å². The van der Waals surface area contributed by atoms with Crippen molar-refractivity contribution in [3.8, 4) is 0 Å². The van der Waals surface area contributed by atoms with Crippen LogP contribution in [0.15, 0.2) is 73.1 Å². The minimum atomic E-state index is -0.503. The van der Waals surface area contributed by atoms with Crippen molar-refractivity contribution >= 4 is 11.6 Å². The van der Waals surface area contributed by atoms with E-state index in [0.29, 0.717) is 5.56 Å². The van der Waals surface area contributed by atoms with Crippen molar-refractivity contribution in [1.82, 2.24) is 14.7 Å². The topological polar surface area (TPSA) is 46.4 Å². The summed E-state index contributed by atoms with van der Waals surface area (Å²) >= 11 is 0. The van der Waals surface area contributed by atoms with Crippen molar-refractivity contribution in [3.05, 3.63) is 107 Å². The average molecular weight is 405 g/mol. The van der Waals surface area contributed by atoms with E-state index in [1.54, 1.807) is 36.5 Å². The molecule has 0 aliphatic carbocycles. The molecule has 1 atom stereocenters. The molecule has 1 unspecified atom stereocenters. The molecule has 4 aromatic rings. The molecule has 0 fully saturated rings. The number of aryl methyl sites for hydroxylation is 1. The SMILES string of the molecule is Cc1ccn2c(C(CC(=O)NCc3ccc(F)cc3)c3ccccc3F)cnc2c1. The number of carbonyl (C=O) groups is 1. The van der Waals surface area contributed by atoms with Gasteiger partial charge in [-0.2, -0.15) is 0 Å². The lowest BCUT2D eigenvalue weighted by atomic mass is 9.91. The smallest absolute Gasteiger partial charge is 0.221 e. The fraction of sp³-hybridized carbons (Fsp3) is 0.167. The molecule has 2 aromatic heterocycles. The van der Waals surface area contributed by atoms with Crippen LogP contribution >= 0.6 is 0 Å². The number of fused-ring (bicyclic) bond motifs is 1. The summed E-state index contributed by atoms with van der Waals surface area (Å²) in [5, 5.41) is 2.84. The Labute approximate surface area is 173 Å². The summed E-state index contributed by atoms with van der Waals surface area (Å²) in [5.74, 6) is -1.42. The van der Waals surface area contributed by atoms with Crippen LogP contribution in [0.1, 0.15) is 34.7 Å². The quantitative estimate of drug-likeness (QED) is 0.503. The van der Waals surface area contributed by atoms with Crippen LogP contribution in [0.4, 0.5) is 8.78 Å². The molecule has 4 nitrogen and oxygen atoms in total. The molecular formula is C24H21F2N3O. The maximum atomic E-state index is 14.6. The van der Waals surface area contributed by atoms with E-state index in [9.17, 15) is 13.6 Å². The Kier molecular flexibility index (Phi) is 5.57. The largest absolute Gasteiger partial charge is 0.352 e. The molecule has 1 amide bonds. The molecule has 4 rings (SSSR count). The normalized spacial score (nSPS) is 12.1. The minimum absolute atomic E-state index is 0.0593. The number of hydrogen-bond donors (Lipinski definition) is 1. The first-order chi connectivity index (χ1) is 14.5. The Morgan fingerprint density at radius 3 is 2.63 bits per heavy atom. The van der Waals surface area contributed by atoms with Crippen molar-refractivity contribution in [3.63, 3.8) is 0 Å². The molecule has 6 heteroatoms. The molecular weight excluding hydrogens is 384 g/mol. The summed E-state index contributed by atoms with van der Waals surface area (Å²) in [4.78, 5) is 17.2. The first kappa shape index (κ1) is 19.8. The van der Waals surface area contributed by atoms with Gasteiger partial charge in [0.15, 0.2) is 0 Å². The van der Waals surface area contributed by atoms with E-state index in [1.807, 2.05) is 29.7 Å². The fourth-order valence-corrected chi connectivity index (χ4v) is 3.55. The van der Waals surface area contributed by atoms with Gasteiger partial charge in [-0.3, -0.25) is 4.79 Å². The fourth-order valence-electron chi connectivity index (χ4n) is 3.55. The molecule has 152 valence electrons. The number of aromatic nitrogens is 2. The zero-order valence-electron chi connectivity index (χ0n) is 16.5. The van der Waals surface area contributed by atoms with Crippen LogP contribution in [-0.2, 0) is 11.3 Å². The van der Waals surface area contributed by atoms with E-state index in [2.05, 4.69) is 10.3 Å². The van der Waals surface area contributed by atoms with Crippen LogP contribution in [0.3, 0.4) is 0 Å². The number of nitrogens with one attached hydrogen (secondary N) is 1. The molecule has 30 heavy (non-hydrogen) atoms. The summed E-state index contributed by atoms with van der Waals surface area (Å²) in [5.41, 5.74) is 3.79. The Balaban J connectivity index is 1.61. The third kappa shape index (κ3) is 4.22. The molecule has 0 saturated heterocycles. The van der Waals surface area contributed by atoms with Gasteiger partial charge >= 0.3 is 0 Å². The zero-order valence-corrected chi connectivity index (χ0v) is 16.5. The number of rotatable bonds is 6. The molecule has 0 aliphatic rings. The third-order valence-electron chi connectivity index (χ3n) is 5.13. The molecule has 2 heterocycles. The van der Waals surface area contributed by atoms with Gasteiger partial charge in [-0.15, -0.1) is 0 Å². The molecule has 0 saturated carbocycles. The number of imidazole rings is 1. The van der Waals surface area contributed by atoms with Gasteiger partial charge in [0, 0.05) is 31.3 Å². The lowest BCUT2D eigenvalue weighted by Crippen LogP contribution is -2.25. The minimum Gasteiger partial charge on any atom is -0.352 e. The molecule has 2 aromatic carbocycles. The molecule has 1 N–H and O–H groups in total. The van der Waals surface area contributed by atoms with Crippen LogP contribution in [-0.4, -0.2) is 15.3 Å². The molecule has 0 bridgehead atoms. The van der Waals surface area contributed by atoms with E-state index < -0.39 is 5.92 Å². The van der Waals surface area contributed by atoms with Gasteiger partial charge in [-0.05, 0) is 53.9 Å². The second-order valence-electron chi connectivity index (χ2n) is 7.30. The van der Waals surface area contributed by atoms with Gasteiger partial charge in [0.25, 0.3) is 0 Å². The van der Waals surface area contributed by atoms with Gasteiger partial charge in [0.1, 0.15) is 17.3 Å². The van der Waals surface area contributed by atoms with Crippen LogP contribution in [0.5, 0.6) is 0 Å². The van der Waals surface area contributed by atoms with E-state index >= 15 is 0 Å². The summed E-state index contributed by atoms with van der Waals surface area (Å²) < 4.78 is 29.6. The van der Waals surface area contributed by atoms with Gasteiger partial charge < -0.3 is 9.72 Å². The number of amides is 1. The van der Waals surface area contributed by atoms with Crippen molar-refractivity contribution < 1.29 is 13.6 Å². The number of nitrogens with zero attached hydrogens (tertiary/aromatic N) is 2. The predicted molar refractivity (Wildman–Crippen MR) is 111 cm³/mol. The Morgan fingerprint density at radius 2 is 1.87 bits per heavy atom. The maximum Gasteiger partial charge on any atom is 0.221 e. The van der Waals surface area contributed by atoms with E-state index in [4.69, 9.17) is 0 Å². The summed E-state index contributed by atoms with van der Waals surface area (Å²) in [6.45, 7) is 2.25. The van der Waals surface area contributed by atoms with Gasteiger partial charge in [0.2, 0.25) is 5.91 Å². The van der Waals surface area contributed by atoms with Gasteiger partial charge in [-0.25, -0.2) is 13.8 Å². The predicted octanol–water partition coefficient (Wildman–Crippen LogP) is 4.76. The number of benzene rings is 2. The second kappa shape index (κ2) is 8.45. The number of pyridine rings is 1. The molecule has 0 spiro atoms. The number of carbonyl (C=O) groups excluding carboxylic acids is 1. The first-order valence-corrected chi connectivity index (χ1v) is 9.70. The summed E-state index contributed by atoms with van der Waals surface area (Å²) in [6, 6.07) is 16.3. The van der Waals surface area contributed by atoms with Crippen molar-refractivity contribution in [2.24, 2.45) is 0 Å². The van der Waals surface area contributed by atoms with E-state index in [-0.39, 0.29) is 30.5 Å². The lowest BCUT2D eigenvalue weighted by Gasteiger charge is -2.18. The van der Waals surface area contributed by atoms with Gasteiger partial charge in [0.05, 0.1) is 5.69 Å². The summed E-state index contributed by atoms with van der Waals surface area (Å²) in [7, 11) is 0. The van der Waals surface area contributed by atoms with Crippen LogP contribution in [0.2, 0.25) is 0 Å². The average Bonchev–Trinajstić information content (AvgIpc) is 3.15. The lowest BCUT2D eigenvalue weighted by molar-refractivity contribution is -0.121.